The van der Waals surface area contributed by atoms with Crippen molar-refractivity contribution in [1.82, 2.24) is 25.3 Å². The molecule has 79 heavy (non-hydrogen) atoms. The zero-order chi connectivity index (χ0) is 55.2. The average Bonchev–Trinajstić information content (AvgIpc) is 4.43. The Balaban J connectivity index is 0.000000163. The molecule has 6 aromatic carbocycles. The van der Waals surface area contributed by atoms with Crippen LogP contribution in [0.1, 0.15) is 15.9 Å². The number of imidazole rings is 2. The van der Waals surface area contributed by atoms with Crippen molar-refractivity contribution in [3.63, 3.8) is 0 Å². The molecule has 4 saturated heterocycles. The summed E-state index contributed by atoms with van der Waals surface area (Å²) in [4.78, 5) is 26.4. The standard InChI is InChI=1S/C29H30ClN3O6.C26H21ClN2O5.C3H9NO2/c30-22-10-24-23(32-29(33-24)39-26-15-38-27-25(36)14-37-28(26)27)9-21(22)19-7-5-18(6-8-19)17-3-1-16(2-4-17)11-31-20(12-34)13-35;27-19-10-21-20(28-26(29-21)34-23-13-33-24-22(31)12-32-25(23)24)9-18(19)17-7-5-16(6-8-17)15-3-1-14(11-30)2-4-15;4-3(1-5)2-6/h1-10,20,25-28,31,34-36H,11-15H2,(H,32,33);1-11,22-25,31H,12-13H2,(H,28,29);3,5-6H,1-2,4H2/t25-,26-,27-,28-;22-,23-,24-,25-;/m11./s1. The molecule has 0 radical (unpaired) electrons. The first-order valence-electron chi connectivity index (χ1n) is 25.7. The van der Waals surface area contributed by atoms with Crippen molar-refractivity contribution in [3.05, 3.63) is 142 Å². The van der Waals surface area contributed by atoms with E-state index in [-0.39, 0.29) is 82.3 Å². The maximum absolute atomic E-state index is 10.9. The van der Waals surface area contributed by atoms with E-state index in [0.717, 1.165) is 78.4 Å². The Kier molecular flexibility index (Phi) is 18.0. The molecule has 11 N–H and O–H groups in total. The minimum atomic E-state index is -0.633. The fraction of sp³-hybridized carbons (Fsp3) is 0.328. The average molecular weight is 1120 g/mol. The van der Waals surface area contributed by atoms with Gasteiger partial charge in [-0.1, -0.05) is 120 Å². The number of aromatic nitrogens is 4. The molecule has 4 fully saturated rings. The zero-order valence-electron chi connectivity index (χ0n) is 42.5. The van der Waals surface area contributed by atoms with Gasteiger partial charge in [0.05, 0.1) is 97.1 Å². The number of aliphatic hydroxyl groups excluding tert-OH is 6. The molecular formula is C58H60Cl2N6O13. The van der Waals surface area contributed by atoms with Gasteiger partial charge in [-0.2, -0.15) is 9.97 Å². The van der Waals surface area contributed by atoms with Gasteiger partial charge in [0, 0.05) is 23.2 Å². The topological polar surface area (TPSA) is 289 Å². The molecule has 12 rings (SSSR count). The van der Waals surface area contributed by atoms with Gasteiger partial charge in [0.15, 0.2) is 12.2 Å². The van der Waals surface area contributed by atoms with E-state index in [1.54, 1.807) is 12.1 Å². The summed E-state index contributed by atoms with van der Waals surface area (Å²) in [7, 11) is 0. The Morgan fingerprint density at radius 1 is 0.570 bits per heavy atom. The summed E-state index contributed by atoms with van der Waals surface area (Å²) in [6.07, 6.45) is -2.47. The molecule has 414 valence electrons. The highest BCUT2D eigenvalue weighted by atomic mass is 35.5. The number of hydrogen-bond donors (Lipinski definition) is 10. The number of nitrogens with one attached hydrogen (secondary N) is 3. The lowest BCUT2D eigenvalue weighted by atomic mass is 9.99. The monoisotopic (exact) mass is 1120 g/mol. The van der Waals surface area contributed by atoms with Crippen molar-refractivity contribution in [3.8, 4) is 56.5 Å². The minimum absolute atomic E-state index is 0.106. The molecule has 4 aliphatic heterocycles. The molecule has 0 spiro atoms. The van der Waals surface area contributed by atoms with Crippen molar-refractivity contribution in [1.29, 1.82) is 0 Å². The molecule has 6 heterocycles. The second-order valence-electron chi connectivity index (χ2n) is 19.6. The second kappa shape index (κ2) is 25.4. The predicted molar refractivity (Wildman–Crippen MR) is 296 cm³/mol. The van der Waals surface area contributed by atoms with Gasteiger partial charge >= 0.3 is 0 Å². The number of aliphatic hydroxyl groups is 6. The second-order valence-corrected chi connectivity index (χ2v) is 20.4. The first kappa shape index (κ1) is 55.9. The number of carbonyl (C=O) groups excluding carboxylic acids is 1. The van der Waals surface area contributed by atoms with Gasteiger partial charge in [0.25, 0.3) is 12.0 Å². The van der Waals surface area contributed by atoms with E-state index < -0.39 is 18.2 Å². The maximum atomic E-state index is 10.9. The lowest BCUT2D eigenvalue weighted by molar-refractivity contribution is 0.00704. The fourth-order valence-electron chi connectivity index (χ4n) is 9.71. The zero-order valence-corrected chi connectivity index (χ0v) is 44.0. The summed E-state index contributed by atoms with van der Waals surface area (Å²) in [5, 5.41) is 58.7. The molecule has 19 nitrogen and oxygen atoms in total. The third-order valence-electron chi connectivity index (χ3n) is 14.2. The summed E-state index contributed by atoms with van der Waals surface area (Å²) in [6, 6.07) is 39.4. The van der Waals surface area contributed by atoms with Crippen molar-refractivity contribution >= 4 is 51.6 Å². The minimum Gasteiger partial charge on any atom is -0.456 e. The number of aldehydes is 1. The number of nitrogens with two attached hydrogens (primary N) is 1. The molecule has 21 heteroatoms. The predicted octanol–water partition coefficient (Wildman–Crippen LogP) is 5.47. The van der Waals surface area contributed by atoms with Gasteiger partial charge < -0.3 is 80.1 Å². The Labute approximate surface area is 463 Å². The number of benzene rings is 6. The van der Waals surface area contributed by atoms with Gasteiger partial charge in [-0.3, -0.25) is 4.79 Å². The normalized spacial score (nSPS) is 22.2. The molecule has 0 amide bonds. The van der Waals surface area contributed by atoms with E-state index in [9.17, 15) is 25.2 Å². The number of fused-ring (bicyclic) bond motifs is 4. The third-order valence-corrected chi connectivity index (χ3v) is 14.8. The van der Waals surface area contributed by atoms with Crippen LogP contribution in [-0.4, -0.2) is 171 Å². The number of H-pyrrole nitrogens is 2. The molecule has 0 unspecified atom stereocenters. The van der Waals surface area contributed by atoms with Crippen LogP contribution in [0.5, 0.6) is 12.0 Å². The van der Waals surface area contributed by atoms with Gasteiger partial charge in [-0.05, 0) is 63.2 Å². The van der Waals surface area contributed by atoms with Crippen LogP contribution < -0.4 is 20.5 Å². The van der Waals surface area contributed by atoms with E-state index in [2.05, 4.69) is 49.5 Å². The van der Waals surface area contributed by atoms with Crippen molar-refractivity contribution in [2.45, 2.75) is 67.5 Å². The Bertz CT molecular complexity index is 3300. The molecule has 8 aromatic rings. The van der Waals surface area contributed by atoms with Crippen LogP contribution >= 0.6 is 23.2 Å². The van der Waals surface area contributed by atoms with Gasteiger partial charge in [0.1, 0.15) is 42.9 Å². The van der Waals surface area contributed by atoms with Crippen LogP contribution in [0.2, 0.25) is 10.0 Å². The number of carbonyl (C=O) groups is 1. The SMILES string of the molecule is NC(CO)CO.O=Cc1ccc(-c2ccc(-c3cc4nc(O[C@@H]5CO[C@H]6[C@@H]5OC[C@H]6O)[nH]c4cc3Cl)cc2)cc1.OCC(CO)NCc1ccc(-c2ccc(-c3cc4nc(O[C@@H]5CO[C@H]6[C@@H]5OC[C@H]6O)[nH]c4cc3Cl)cc2)cc1. The quantitative estimate of drug-likeness (QED) is 0.0537. The first-order chi connectivity index (χ1) is 38.4. The van der Waals surface area contributed by atoms with Gasteiger partial charge in [-0.25, -0.2) is 0 Å². The van der Waals surface area contributed by atoms with Gasteiger partial charge in [0.2, 0.25) is 0 Å². The Morgan fingerprint density at radius 2 is 0.962 bits per heavy atom. The van der Waals surface area contributed by atoms with E-state index in [0.29, 0.717) is 47.4 Å². The highest BCUT2D eigenvalue weighted by Gasteiger charge is 2.50. The van der Waals surface area contributed by atoms with Crippen molar-refractivity contribution in [2.75, 3.05) is 52.9 Å². The van der Waals surface area contributed by atoms with Crippen LogP contribution in [0.4, 0.5) is 0 Å². The molecule has 0 aliphatic carbocycles. The van der Waals surface area contributed by atoms with Crippen LogP contribution in [0.15, 0.2) is 121 Å². The first-order valence-corrected chi connectivity index (χ1v) is 26.5. The third kappa shape index (κ3) is 12.8. The maximum Gasteiger partial charge on any atom is 0.295 e. The highest BCUT2D eigenvalue weighted by molar-refractivity contribution is 6.34. The Morgan fingerprint density at radius 3 is 1.35 bits per heavy atom. The highest BCUT2D eigenvalue weighted by Crippen LogP contribution is 2.37. The lowest BCUT2D eigenvalue weighted by Gasteiger charge is -2.15. The van der Waals surface area contributed by atoms with E-state index in [1.165, 1.54) is 0 Å². The van der Waals surface area contributed by atoms with Gasteiger partial charge in [-0.15, -0.1) is 0 Å². The number of nitrogens with zero attached hydrogens (tertiary/aromatic N) is 2. The van der Waals surface area contributed by atoms with Crippen LogP contribution in [0.3, 0.4) is 0 Å². The van der Waals surface area contributed by atoms with E-state index in [1.807, 2.05) is 84.9 Å². The number of hydrogen-bond acceptors (Lipinski definition) is 17. The largest absolute Gasteiger partial charge is 0.456 e. The van der Waals surface area contributed by atoms with E-state index in [4.69, 9.17) is 67.6 Å². The molecular weight excluding hydrogens is 1060 g/mol. The molecule has 2 aromatic heterocycles. The molecule has 0 saturated carbocycles. The summed E-state index contributed by atoms with van der Waals surface area (Å²) >= 11 is 13.3. The number of ether oxygens (including phenoxy) is 6. The lowest BCUT2D eigenvalue weighted by Crippen LogP contribution is -2.35. The van der Waals surface area contributed by atoms with Crippen molar-refractivity contribution in [2.24, 2.45) is 5.73 Å². The number of aromatic amines is 2. The smallest absolute Gasteiger partial charge is 0.295 e. The summed E-state index contributed by atoms with van der Waals surface area (Å²) in [5.41, 5.74) is 17.6. The van der Waals surface area contributed by atoms with Crippen LogP contribution in [-0.2, 0) is 25.5 Å². The molecule has 4 aliphatic rings. The van der Waals surface area contributed by atoms with Crippen molar-refractivity contribution < 1.29 is 63.9 Å². The molecule has 0 bridgehead atoms. The van der Waals surface area contributed by atoms with Crippen LogP contribution in [0.25, 0.3) is 66.6 Å². The number of halogens is 2. The fourth-order valence-corrected chi connectivity index (χ4v) is 10.3. The Hall–Kier alpha value is -6.37. The number of rotatable bonds is 16. The summed E-state index contributed by atoms with van der Waals surface area (Å²) in [6.45, 7) is 1.22. The summed E-state index contributed by atoms with van der Waals surface area (Å²) in [5.74, 6) is 0. The van der Waals surface area contributed by atoms with E-state index >= 15 is 0 Å². The van der Waals surface area contributed by atoms with Crippen LogP contribution in [0, 0.1) is 0 Å². The summed E-state index contributed by atoms with van der Waals surface area (Å²) < 4.78 is 34.5. The molecule has 8 atom stereocenters.